The van der Waals surface area contributed by atoms with Crippen LogP contribution < -0.4 is 0 Å². The molecule has 17 heavy (non-hydrogen) atoms. The molecule has 1 saturated heterocycles. The van der Waals surface area contributed by atoms with E-state index >= 15 is 0 Å². The quantitative estimate of drug-likeness (QED) is 0.733. The lowest BCUT2D eigenvalue weighted by molar-refractivity contribution is -0.139. The molecule has 0 aromatic carbocycles. The van der Waals surface area contributed by atoms with Crippen molar-refractivity contribution in [2.75, 3.05) is 26.2 Å². The molecule has 0 atom stereocenters. The van der Waals surface area contributed by atoms with Gasteiger partial charge in [0.2, 0.25) is 11.8 Å². The topological polar surface area (TPSA) is 40.6 Å². The van der Waals surface area contributed by atoms with Crippen LogP contribution in [0.15, 0.2) is 0 Å². The maximum Gasteiger partial charge on any atom is 0.222 e. The van der Waals surface area contributed by atoms with Crippen LogP contribution in [0.1, 0.15) is 46.0 Å². The van der Waals surface area contributed by atoms with Gasteiger partial charge in [0.1, 0.15) is 0 Å². The maximum atomic E-state index is 11.8. The number of carbonyl (C=O) groups excluding carboxylic acids is 2. The van der Waals surface area contributed by atoms with E-state index in [0.29, 0.717) is 39.0 Å². The van der Waals surface area contributed by atoms with Gasteiger partial charge < -0.3 is 9.80 Å². The molecule has 1 rings (SSSR count). The summed E-state index contributed by atoms with van der Waals surface area (Å²) in [7, 11) is 0. The lowest BCUT2D eigenvalue weighted by atomic mass is 10.2. The molecule has 0 N–H and O–H groups in total. The first-order valence-electron chi connectivity index (χ1n) is 6.74. The monoisotopic (exact) mass is 240 g/mol. The Hall–Kier alpha value is -1.06. The molecule has 0 aliphatic carbocycles. The van der Waals surface area contributed by atoms with Crippen molar-refractivity contribution >= 4 is 11.8 Å². The number of amides is 2. The smallest absolute Gasteiger partial charge is 0.222 e. The highest BCUT2D eigenvalue weighted by atomic mass is 16.2. The van der Waals surface area contributed by atoms with Gasteiger partial charge in [-0.2, -0.15) is 0 Å². The largest absolute Gasteiger partial charge is 0.339 e. The number of rotatable bonds is 5. The predicted octanol–water partition coefficient (Wildman–Crippen LogP) is 1.65. The van der Waals surface area contributed by atoms with Crippen LogP contribution in [0, 0.1) is 0 Å². The van der Waals surface area contributed by atoms with Crippen LogP contribution in [0.4, 0.5) is 0 Å². The van der Waals surface area contributed by atoms with Crippen molar-refractivity contribution in [2.45, 2.75) is 46.0 Å². The molecular weight excluding hydrogens is 216 g/mol. The van der Waals surface area contributed by atoms with Gasteiger partial charge in [0.15, 0.2) is 0 Å². The molecule has 0 bridgehead atoms. The summed E-state index contributed by atoms with van der Waals surface area (Å²) in [6.07, 6.45) is 4.20. The average molecular weight is 240 g/mol. The highest BCUT2D eigenvalue weighted by Crippen LogP contribution is 2.08. The first-order chi connectivity index (χ1) is 8.19. The maximum absolute atomic E-state index is 11.8. The Bertz CT molecular complexity index is 258. The van der Waals surface area contributed by atoms with Crippen molar-refractivity contribution in [2.24, 2.45) is 0 Å². The van der Waals surface area contributed by atoms with Gasteiger partial charge in [-0.3, -0.25) is 9.59 Å². The number of hydrogen-bond donors (Lipinski definition) is 0. The van der Waals surface area contributed by atoms with Gasteiger partial charge in [-0.25, -0.2) is 0 Å². The van der Waals surface area contributed by atoms with Crippen molar-refractivity contribution in [3.63, 3.8) is 0 Å². The molecule has 0 spiro atoms. The lowest BCUT2D eigenvalue weighted by Gasteiger charge is -2.34. The molecule has 1 aliphatic rings. The highest BCUT2D eigenvalue weighted by molar-refractivity contribution is 5.78. The first kappa shape index (κ1) is 14.0. The molecular formula is C13H24N2O2. The molecule has 2 amide bonds. The van der Waals surface area contributed by atoms with Crippen LogP contribution in [0.3, 0.4) is 0 Å². The highest BCUT2D eigenvalue weighted by Gasteiger charge is 2.22. The third-order valence-electron chi connectivity index (χ3n) is 3.19. The van der Waals surface area contributed by atoms with Crippen LogP contribution in [-0.2, 0) is 9.59 Å². The average Bonchev–Trinajstić information content (AvgIpc) is 2.36. The van der Waals surface area contributed by atoms with E-state index in [9.17, 15) is 9.59 Å². The summed E-state index contributed by atoms with van der Waals surface area (Å²) < 4.78 is 0. The molecule has 0 radical (unpaired) electrons. The van der Waals surface area contributed by atoms with E-state index in [2.05, 4.69) is 6.92 Å². The summed E-state index contributed by atoms with van der Waals surface area (Å²) >= 11 is 0. The van der Waals surface area contributed by atoms with E-state index < -0.39 is 0 Å². The van der Waals surface area contributed by atoms with Crippen LogP contribution in [0.2, 0.25) is 0 Å². The van der Waals surface area contributed by atoms with Crippen LogP contribution in [0.5, 0.6) is 0 Å². The summed E-state index contributed by atoms with van der Waals surface area (Å²) in [5, 5.41) is 0. The zero-order valence-electron chi connectivity index (χ0n) is 11.1. The van der Waals surface area contributed by atoms with Gasteiger partial charge in [0.25, 0.3) is 0 Å². The van der Waals surface area contributed by atoms with Gasteiger partial charge >= 0.3 is 0 Å². The minimum absolute atomic E-state index is 0.230. The molecule has 0 unspecified atom stereocenters. The van der Waals surface area contributed by atoms with Gasteiger partial charge in [-0.05, 0) is 12.8 Å². The fraction of sp³-hybridized carbons (Fsp3) is 0.846. The number of piperazine rings is 1. The molecule has 0 saturated carbocycles. The van der Waals surface area contributed by atoms with E-state index in [1.807, 2.05) is 16.7 Å². The molecule has 4 heteroatoms. The van der Waals surface area contributed by atoms with E-state index in [1.165, 1.54) is 0 Å². The van der Waals surface area contributed by atoms with Crippen LogP contribution in [-0.4, -0.2) is 47.8 Å². The number of hydrogen-bond acceptors (Lipinski definition) is 2. The molecule has 0 aromatic rings. The van der Waals surface area contributed by atoms with Gasteiger partial charge in [-0.1, -0.05) is 20.3 Å². The predicted molar refractivity (Wildman–Crippen MR) is 67.6 cm³/mol. The van der Waals surface area contributed by atoms with Crippen molar-refractivity contribution in [1.29, 1.82) is 0 Å². The van der Waals surface area contributed by atoms with Crippen LogP contribution >= 0.6 is 0 Å². The van der Waals surface area contributed by atoms with E-state index in [4.69, 9.17) is 0 Å². The second kappa shape index (κ2) is 7.30. The summed E-state index contributed by atoms with van der Waals surface area (Å²) in [6, 6.07) is 0. The fourth-order valence-corrected chi connectivity index (χ4v) is 2.06. The normalized spacial score (nSPS) is 16.1. The molecule has 98 valence electrons. The standard InChI is InChI=1S/C13H24N2O2/c1-3-5-7-13(17)15-10-8-14(9-11-15)12(16)6-4-2/h3-11H2,1-2H3. The Labute approximate surface area is 104 Å². The van der Waals surface area contributed by atoms with Crippen LogP contribution in [0.25, 0.3) is 0 Å². The summed E-state index contributed by atoms with van der Waals surface area (Å²) in [6.45, 7) is 6.93. The minimum atomic E-state index is 0.230. The van der Waals surface area contributed by atoms with Crippen molar-refractivity contribution in [1.82, 2.24) is 9.80 Å². The number of nitrogens with zero attached hydrogens (tertiary/aromatic N) is 2. The van der Waals surface area contributed by atoms with Gasteiger partial charge in [0.05, 0.1) is 0 Å². The van der Waals surface area contributed by atoms with E-state index in [0.717, 1.165) is 19.3 Å². The summed E-state index contributed by atoms with van der Waals surface area (Å²) in [5.74, 6) is 0.475. The molecule has 0 aromatic heterocycles. The Morgan fingerprint density at radius 3 is 1.71 bits per heavy atom. The Kier molecular flexibility index (Phi) is 6.01. The van der Waals surface area contributed by atoms with Crippen molar-refractivity contribution in [3.05, 3.63) is 0 Å². The van der Waals surface area contributed by atoms with E-state index in [1.54, 1.807) is 0 Å². The van der Waals surface area contributed by atoms with Crippen molar-refractivity contribution < 1.29 is 9.59 Å². The Balaban J connectivity index is 2.30. The molecule has 1 fully saturated rings. The summed E-state index contributed by atoms with van der Waals surface area (Å²) in [5.41, 5.74) is 0. The zero-order valence-corrected chi connectivity index (χ0v) is 11.1. The number of carbonyl (C=O) groups is 2. The molecule has 1 aliphatic heterocycles. The first-order valence-corrected chi connectivity index (χ1v) is 6.74. The third-order valence-corrected chi connectivity index (χ3v) is 3.19. The third kappa shape index (κ3) is 4.36. The lowest BCUT2D eigenvalue weighted by Crippen LogP contribution is -2.50. The molecule has 4 nitrogen and oxygen atoms in total. The zero-order chi connectivity index (χ0) is 12.7. The number of unbranched alkanes of at least 4 members (excludes halogenated alkanes) is 1. The van der Waals surface area contributed by atoms with Crippen molar-refractivity contribution in [3.8, 4) is 0 Å². The Morgan fingerprint density at radius 2 is 1.29 bits per heavy atom. The fourth-order valence-electron chi connectivity index (χ4n) is 2.06. The molecule has 1 heterocycles. The van der Waals surface area contributed by atoms with Gasteiger partial charge in [0, 0.05) is 39.0 Å². The van der Waals surface area contributed by atoms with E-state index in [-0.39, 0.29) is 11.8 Å². The van der Waals surface area contributed by atoms with Gasteiger partial charge in [-0.15, -0.1) is 0 Å². The second-order valence-electron chi connectivity index (χ2n) is 4.62. The summed E-state index contributed by atoms with van der Waals surface area (Å²) in [4.78, 5) is 27.2. The minimum Gasteiger partial charge on any atom is -0.339 e. The second-order valence-corrected chi connectivity index (χ2v) is 4.62. The Morgan fingerprint density at radius 1 is 0.824 bits per heavy atom. The SMILES string of the molecule is CCCCC(=O)N1CCN(C(=O)CCC)CC1.